The van der Waals surface area contributed by atoms with E-state index in [1.807, 2.05) is 0 Å². The van der Waals surface area contributed by atoms with Crippen molar-refractivity contribution < 1.29 is 4.74 Å². The number of rotatable bonds is 6. The van der Waals surface area contributed by atoms with Gasteiger partial charge in [-0.3, -0.25) is 4.99 Å². The number of hydrogen-bond donors (Lipinski definition) is 1. The van der Waals surface area contributed by atoms with Gasteiger partial charge in [0, 0.05) is 13.2 Å². The molecule has 1 saturated heterocycles. The number of nitrogens with zero attached hydrogens (tertiary/aromatic N) is 2. The summed E-state index contributed by atoms with van der Waals surface area (Å²) >= 11 is 0. The highest BCUT2D eigenvalue weighted by Crippen LogP contribution is 2.20. The summed E-state index contributed by atoms with van der Waals surface area (Å²) in [4.78, 5) is 6.65. The van der Waals surface area contributed by atoms with Gasteiger partial charge in [0.05, 0.1) is 18.7 Å². The summed E-state index contributed by atoms with van der Waals surface area (Å²) in [6, 6.07) is 0.519. The van der Waals surface area contributed by atoms with E-state index in [2.05, 4.69) is 16.8 Å². The van der Waals surface area contributed by atoms with Crippen molar-refractivity contribution in [1.82, 2.24) is 4.90 Å². The number of aliphatic imine (C=N–C) groups is 1. The Bertz CT molecular complexity index is 261. The molecular weight excluding hydrogens is 214 g/mol. The first-order valence-corrected chi connectivity index (χ1v) is 6.99. The Morgan fingerprint density at radius 3 is 3.06 bits per heavy atom. The van der Waals surface area contributed by atoms with Gasteiger partial charge in [-0.1, -0.05) is 26.2 Å². The molecule has 0 amide bonds. The fourth-order valence-electron chi connectivity index (χ4n) is 2.70. The van der Waals surface area contributed by atoms with Crippen LogP contribution < -0.4 is 5.73 Å². The van der Waals surface area contributed by atoms with Crippen LogP contribution in [0.4, 0.5) is 0 Å². The SMILES string of the molecule is CCCCCC1CN=C(N)N1CC1CCCO1. The first-order chi connectivity index (χ1) is 8.31. The van der Waals surface area contributed by atoms with Crippen molar-refractivity contribution >= 4 is 5.96 Å². The molecule has 0 bridgehead atoms. The quantitative estimate of drug-likeness (QED) is 0.718. The van der Waals surface area contributed by atoms with E-state index in [0.717, 1.165) is 25.7 Å². The van der Waals surface area contributed by atoms with Crippen LogP contribution in [0.5, 0.6) is 0 Å². The zero-order valence-electron chi connectivity index (χ0n) is 10.9. The molecule has 4 nitrogen and oxygen atoms in total. The molecule has 0 aliphatic carbocycles. The monoisotopic (exact) mass is 239 g/mol. The summed E-state index contributed by atoms with van der Waals surface area (Å²) in [5.74, 6) is 0.724. The molecule has 2 unspecified atom stereocenters. The summed E-state index contributed by atoms with van der Waals surface area (Å²) in [5.41, 5.74) is 5.97. The molecule has 98 valence electrons. The topological polar surface area (TPSA) is 50.8 Å². The Morgan fingerprint density at radius 1 is 1.47 bits per heavy atom. The standard InChI is InChI=1S/C13H25N3O/c1-2-3-4-6-11-9-15-13(14)16(11)10-12-7-5-8-17-12/h11-12H,2-10H2,1H3,(H2,14,15). The second-order valence-corrected chi connectivity index (χ2v) is 5.14. The minimum atomic E-state index is 0.371. The Balaban J connectivity index is 1.80. The lowest BCUT2D eigenvalue weighted by molar-refractivity contribution is 0.0842. The van der Waals surface area contributed by atoms with Gasteiger partial charge in [-0.2, -0.15) is 0 Å². The van der Waals surface area contributed by atoms with Gasteiger partial charge in [-0.05, 0) is 19.3 Å². The van der Waals surface area contributed by atoms with Crippen molar-refractivity contribution in [2.45, 2.75) is 57.6 Å². The van der Waals surface area contributed by atoms with E-state index in [9.17, 15) is 0 Å². The van der Waals surface area contributed by atoms with E-state index >= 15 is 0 Å². The molecule has 2 aliphatic heterocycles. The number of nitrogens with two attached hydrogens (primary N) is 1. The normalized spacial score (nSPS) is 28.8. The largest absolute Gasteiger partial charge is 0.376 e. The highest BCUT2D eigenvalue weighted by atomic mass is 16.5. The van der Waals surface area contributed by atoms with E-state index in [1.165, 1.54) is 38.5 Å². The van der Waals surface area contributed by atoms with Crippen molar-refractivity contribution in [3.8, 4) is 0 Å². The Kier molecular flexibility index (Phi) is 4.66. The lowest BCUT2D eigenvalue weighted by Gasteiger charge is -2.28. The fraction of sp³-hybridized carbons (Fsp3) is 0.923. The number of hydrogen-bond acceptors (Lipinski definition) is 4. The maximum Gasteiger partial charge on any atom is 0.191 e. The lowest BCUT2D eigenvalue weighted by Crippen LogP contribution is -2.44. The Labute approximate surface area is 104 Å². The Morgan fingerprint density at radius 2 is 2.35 bits per heavy atom. The summed E-state index contributed by atoms with van der Waals surface area (Å²) in [7, 11) is 0. The average molecular weight is 239 g/mol. The number of unbranched alkanes of at least 4 members (excludes halogenated alkanes) is 2. The van der Waals surface area contributed by atoms with Gasteiger partial charge in [0.1, 0.15) is 0 Å². The van der Waals surface area contributed by atoms with Crippen LogP contribution in [0.1, 0.15) is 45.4 Å². The van der Waals surface area contributed by atoms with Crippen molar-refractivity contribution in [2.75, 3.05) is 19.7 Å². The van der Waals surface area contributed by atoms with Gasteiger partial charge in [0.25, 0.3) is 0 Å². The van der Waals surface area contributed by atoms with Crippen LogP contribution in [0, 0.1) is 0 Å². The molecule has 2 atom stereocenters. The fourth-order valence-corrected chi connectivity index (χ4v) is 2.70. The first kappa shape index (κ1) is 12.7. The van der Waals surface area contributed by atoms with Crippen LogP contribution >= 0.6 is 0 Å². The van der Waals surface area contributed by atoms with Gasteiger partial charge < -0.3 is 15.4 Å². The maximum absolute atomic E-state index is 5.97. The highest BCUT2D eigenvalue weighted by Gasteiger charge is 2.29. The maximum atomic E-state index is 5.97. The predicted octanol–water partition coefficient (Wildman–Crippen LogP) is 1.74. The van der Waals surface area contributed by atoms with Crippen LogP contribution in [0.25, 0.3) is 0 Å². The molecule has 0 spiro atoms. The van der Waals surface area contributed by atoms with E-state index in [0.29, 0.717) is 12.1 Å². The average Bonchev–Trinajstić information content (AvgIpc) is 2.94. The first-order valence-electron chi connectivity index (χ1n) is 6.99. The molecule has 0 radical (unpaired) electrons. The number of guanidine groups is 1. The summed E-state index contributed by atoms with van der Waals surface area (Å²) in [6.07, 6.45) is 7.81. The molecule has 2 heterocycles. The van der Waals surface area contributed by atoms with Crippen LogP contribution in [0.2, 0.25) is 0 Å². The third-order valence-electron chi connectivity index (χ3n) is 3.76. The van der Waals surface area contributed by atoms with Gasteiger partial charge in [-0.15, -0.1) is 0 Å². The second kappa shape index (κ2) is 6.24. The van der Waals surface area contributed by atoms with Gasteiger partial charge in [-0.25, -0.2) is 0 Å². The van der Waals surface area contributed by atoms with Crippen LogP contribution in [-0.4, -0.2) is 42.7 Å². The van der Waals surface area contributed by atoms with Crippen molar-refractivity contribution in [3.63, 3.8) is 0 Å². The summed E-state index contributed by atoms with van der Waals surface area (Å²) < 4.78 is 5.68. The minimum absolute atomic E-state index is 0.371. The zero-order chi connectivity index (χ0) is 12.1. The zero-order valence-corrected chi connectivity index (χ0v) is 10.9. The predicted molar refractivity (Wildman–Crippen MR) is 70.1 cm³/mol. The Hall–Kier alpha value is -0.770. The van der Waals surface area contributed by atoms with Crippen LogP contribution in [-0.2, 0) is 4.74 Å². The molecule has 0 saturated carbocycles. The van der Waals surface area contributed by atoms with E-state index in [-0.39, 0.29) is 0 Å². The molecular formula is C13H25N3O. The van der Waals surface area contributed by atoms with Gasteiger partial charge in [0.2, 0.25) is 0 Å². The molecule has 1 fully saturated rings. The van der Waals surface area contributed by atoms with E-state index in [1.54, 1.807) is 0 Å². The number of ether oxygens (including phenoxy) is 1. The molecule has 0 aromatic heterocycles. The minimum Gasteiger partial charge on any atom is -0.376 e. The van der Waals surface area contributed by atoms with E-state index < -0.39 is 0 Å². The molecule has 2 rings (SSSR count). The summed E-state index contributed by atoms with van der Waals surface area (Å²) in [5, 5.41) is 0. The van der Waals surface area contributed by atoms with E-state index in [4.69, 9.17) is 10.5 Å². The van der Waals surface area contributed by atoms with Gasteiger partial charge in [0.15, 0.2) is 5.96 Å². The summed E-state index contributed by atoms with van der Waals surface area (Å²) in [6.45, 7) is 4.97. The third kappa shape index (κ3) is 3.35. The van der Waals surface area contributed by atoms with Crippen molar-refractivity contribution in [3.05, 3.63) is 0 Å². The smallest absolute Gasteiger partial charge is 0.191 e. The second-order valence-electron chi connectivity index (χ2n) is 5.14. The van der Waals surface area contributed by atoms with Crippen molar-refractivity contribution in [2.24, 2.45) is 10.7 Å². The van der Waals surface area contributed by atoms with Crippen LogP contribution in [0.15, 0.2) is 4.99 Å². The molecule has 0 aromatic rings. The molecule has 2 aliphatic rings. The molecule has 4 heteroatoms. The highest BCUT2D eigenvalue weighted by molar-refractivity contribution is 5.80. The molecule has 17 heavy (non-hydrogen) atoms. The molecule has 0 aromatic carbocycles. The van der Waals surface area contributed by atoms with Crippen LogP contribution in [0.3, 0.4) is 0 Å². The third-order valence-corrected chi connectivity index (χ3v) is 3.76. The van der Waals surface area contributed by atoms with Gasteiger partial charge >= 0.3 is 0 Å². The van der Waals surface area contributed by atoms with Crippen molar-refractivity contribution in [1.29, 1.82) is 0 Å². The lowest BCUT2D eigenvalue weighted by atomic mass is 10.1. The molecule has 2 N–H and O–H groups in total.